The molecule has 0 radical (unpaired) electrons. The van der Waals surface area contributed by atoms with Crippen molar-refractivity contribution in [3.05, 3.63) is 63.9 Å². The number of aliphatic hydroxyl groups is 1. The van der Waals surface area contributed by atoms with E-state index in [1.54, 1.807) is 18.5 Å². The van der Waals surface area contributed by atoms with Gasteiger partial charge in [0.25, 0.3) is 0 Å². The summed E-state index contributed by atoms with van der Waals surface area (Å²) in [7, 11) is 0. The van der Waals surface area contributed by atoms with Gasteiger partial charge in [-0.25, -0.2) is 0 Å². The van der Waals surface area contributed by atoms with Gasteiger partial charge in [0.2, 0.25) is 0 Å². The molecule has 88 valence electrons. The van der Waals surface area contributed by atoms with Gasteiger partial charge in [-0.05, 0) is 42.7 Å². The summed E-state index contributed by atoms with van der Waals surface area (Å²) in [5.41, 5.74) is 3.64. The van der Waals surface area contributed by atoms with Crippen molar-refractivity contribution in [2.45, 2.75) is 20.0 Å². The van der Waals surface area contributed by atoms with Gasteiger partial charge in [0.15, 0.2) is 0 Å². The number of rotatable bonds is 2. The van der Waals surface area contributed by atoms with Crippen molar-refractivity contribution in [1.29, 1.82) is 0 Å². The maximum atomic E-state index is 10.3. The van der Waals surface area contributed by atoms with Crippen LogP contribution in [0.3, 0.4) is 0 Å². The predicted octanol–water partition coefficient (Wildman–Crippen LogP) is 3.43. The predicted molar refractivity (Wildman–Crippen MR) is 69.2 cm³/mol. The van der Waals surface area contributed by atoms with Crippen LogP contribution < -0.4 is 0 Å². The number of aromatic nitrogens is 1. The summed E-state index contributed by atoms with van der Waals surface area (Å²) < 4.78 is 0. The van der Waals surface area contributed by atoms with E-state index >= 15 is 0 Å². The molecule has 1 aromatic heterocycles. The number of nitrogens with zero attached hydrogens (tertiary/aromatic N) is 1. The molecule has 2 aromatic rings. The van der Waals surface area contributed by atoms with Crippen molar-refractivity contribution >= 4 is 11.6 Å². The first kappa shape index (κ1) is 12.1. The van der Waals surface area contributed by atoms with E-state index in [1.807, 2.05) is 32.0 Å². The maximum Gasteiger partial charge on any atom is 0.106 e. The first-order valence-electron chi connectivity index (χ1n) is 5.43. The van der Waals surface area contributed by atoms with Crippen LogP contribution in [-0.2, 0) is 0 Å². The number of halogens is 1. The van der Waals surface area contributed by atoms with Crippen LogP contribution in [0.2, 0.25) is 5.02 Å². The number of pyridine rings is 1. The van der Waals surface area contributed by atoms with E-state index in [4.69, 9.17) is 11.6 Å². The molecule has 1 heterocycles. The molecule has 17 heavy (non-hydrogen) atoms. The maximum absolute atomic E-state index is 10.3. The van der Waals surface area contributed by atoms with Gasteiger partial charge in [0, 0.05) is 23.0 Å². The minimum atomic E-state index is -0.681. The lowest BCUT2D eigenvalue weighted by Gasteiger charge is -2.12. The van der Waals surface area contributed by atoms with Gasteiger partial charge in [0.1, 0.15) is 6.10 Å². The van der Waals surface area contributed by atoms with E-state index in [2.05, 4.69) is 4.98 Å². The molecule has 0 fully saturated rings. The van der Waals surface area contributed by atoms with Crippen LogP contribution >= 0.6 is 11.6 Å². The fraction of sp³-hybridized carbons (Fsp3) is 0.214. The standard InChI is InChI=1S/C14H14ClNO/c1-9-3-11(6-13(15)5-9)14(17)12-4-10(2)7-16-8-12/h3-8,14,17H,1-2H3. The zero-order chi connectivity index (χ0) is 12.4. The Labute approximate surface area is 106 Å². The van der Waals surface area contributed by atoms with Crippen LogP contribution in [0.25, 0.3) is 0 Å². The lowest BCUT2D eigenvalue weighted by Crippen LogP contribution is -2.01. The first-order chi connectivity index (χ1) is 8.06. The number of benzene rings is 1. The number of hydrogen-bond donors (Lipinski definition) is 1. The molecule has 0 bridgehead atoms. The third-order valence-corrected chi connectivity index (χ3v) is 2.81. The fourth-order valence-corrected chi connectivity index (χ4v) is 2.14. The normalized spacial score (nSPS) is 12.5. The summed E-state index contributed by atoms with van der Waals surface area (Å²) in [6.07, 6.45) is 2.76. The Kier molecular flexibility index (Phi) is 3.46. The average molecular weight is 248 g/mol. The first-order valence-corrected chi connectivity index (χ1v) is 5.81. The molecule has 0 aliphatic rings. The fourth-order valence-electron chi connectivity index (χ4n) is 1.84. The summed E-state index contributed by atoms with van der Waals surface area (Å²) in [6, 6.07) is 7.50. The SMILES string of the molecule is Cc1cncc(C(O)c2cc(C)cc(Cl)c2)c1. The van der Waals surface area contributed by atoms with Gasteiger partial charge in [-0.15, -0.1) is 0 Å². The molecular weight excluding hydrogens is 234 g/mol. The summed E-state index contributed by atoms with van der Waals surface area (Å²) >= 11 is 5.99. The smallest absolute Gasteiger partial charge is 0.106 e. The van der Waals surface area contributed by atoms with Crippen molar-refractivity contribution in [3.63, 3.8) is 0 Å². The Hall–Kier alpha value is -1.38. The topological polar surface area (TPSA) is 33.1 Å². The van der Waals surface area contributed by atoms with Crippen molar-refractivity contribution in [2.75, 3.05) is 0 Å². The highest BCUT2D eigenvalue weighted by atomic mass is 35.5. The molecule has 3 heteroatoms. The Morgan fingerprint density at radius 2 is 1.71 bits per heavy atom. The number of aliphatic hydroxyl groups excluding tert-OH is 1. The average Bonchev–Trinajstić information content (AvgIpc) is 2.26. The van der Waals surface area contributed by atoms with Gasteiger partial charge in [0.05, 0.1) is 0 Å². The van der Waals surface area contributed by atoms with Crippen molar-refractivity contribution in [3.8, 4) is 0 Å². The van der Waals surface area contributed by atoms with Gasteiger partial charge in [-0.2, -0.15) is 0 Å². The molecule has 0 aliphatic heterocycles. The monoisotopic (exact) mass is 247 g/mol. The van der Waals surface area contributed by atoms with Gasteiger partial charge >= 0.3 is 0 Å². The Morgan fingerprint density at radius 1 is 1.00 bits per heavy atom. The van der Waals surface area contributed by atoms with E-state index in [9.17, 15) is 5.11 Å². The van der Waals surface area contributed by atoms with Crippen molar-refractivity contribution in [1.82, 2.24) is 4.98 Å². The summed E-state index contributed by atoms with van der Waals surface area (Å²) in [4.78, 5) is 4.08. The molecule has 0 aliphatic carbocycles. The van der Waals surface area contributed by atoms with Crippen LogP contribution in [0.4, 0.5) is 0 Å². The lowest BCUT2D eigenvalue weighted by atomic mass is 10.0. The quantitative estimate of drug-likeness (QED) is 0.882. The molecule has 0 spiro atoms. The van der Waals surface area contributed by atoms with Crippen LogP contribution in [0.15, 0.2) is 36.7 Å². The van der Waals surface area contributed by atoms with E-state index in [-0.39, 0.29) is 0 Å². The largest absolute Gasteiger partial charge is 0.384 e. The minimum Gasteiger partial charge on any atom is -0.384 e. The van der Waals surface area contributed by atoms with Crippen LogP contribution in [0.5, 0.6) is 0 Å². The van der Waals surface area contributed by atoms with E-state index in [1.165, 1.54) is 0 Å². The Bertz CT molecular complexity index is 519. The van der Waals surface area contributed by atoms with Crippen molar-refractivity contribution in [2.24, 2.45) is 0 Å². The second-order valence-corrected chi connectivity index (χ2v) is 4.70. The molecule has 1 atom stereocenters. The molecule has 2 nitrogen and oxygen atoms in total. The Morgan fingerprint density at radius 3 is 2.35 bits per heavy atom. The molecule has 2 rings (SSSR count). The molecule has 1 aromatic carbocycles. The molecule has 0 amide bonds. The van der Waals surface area contributed by atoms with Crippen LogP contribution in [0.1, 0.15) is 28.4 Å². The summed E-state index contributed by atoms with van der Waals surface area (Å²) in [5.74, 6) is 0. The summed E-state index contributed by atoms with van der Waals surface area (Å²) in [6.45, 7) is 3.91. The molecule has 0 saturated heterocycles. The Balaban J connectivity index is 2.39. The van der Waals surface area contributed by atoms with Crippen LogP contribution in [-0.4, -0.2) is 10.1 Å². The van der Waals surface area contributed by atoms with E-state index in [0.29, 0.717) is 5.02 Å². The molecular formula is C14H14ClNO. The highest BCUT2D eigenvalue weighted by Gasteiger charge is 2.11. The lowest BCUT2D eigenvalue weighted by molar-refractivity contribution is 0.219. The van der Waals surface area contributed by atoms with Gasteiger partial charge < -0.3 is 5.11 Å². The third kappa shape index (κ3) is 2.84. The zero-order valence-corrected chi connectivity index (χ0v) is 10.6. The molecule has 1 N–H and O–H groups in total. The van der Waals surface area contributed by atoms with Gasteiger partial charge in [-0.1, -0.05) is 23.7 Å². The van der Waals surface area contributed by atoms with E-state index in [0.717, 1.165) is 22.3 Å². The number of aryl methyl sites for hydroxylation is 2. The van der Waals surface area contributed by atoms with Gasteiger partial charge in [-0.3, -0.25) is 4.98 Å². The highest BCUT2D eigenvalue weighted by molar-refractivity contribution is 6.30. The summed E-state index contributed by atoms with van der Waals surface area (Å²) in [5, 5.41) is 10.9. The van der Waals surface area contributed by atoms with E-state index < -0.39 is 6.10 Å². The molecule has 0 saturated carbocycles. The minimum absolute atomic E-state index is 0.639. The number of hydrogen-bond acceptors (Lipinski definition) is 2. The zero-order valence-electron chi connectivity index (χ0n) is 9.81. The van der Waals surface area contributed by atoms with Crippen LogP contribution in [0, 0.1) is 13.8 Å². The second-order valence-electron chi connectivity index (χ2n) is 4.26. The molecule has 1 unspecified atom stereocenters. The van der Waals surface area contributed by atoms with Crippen molar-refractivity contribution < 1.29 is 5.11 Å². The third-order valence-electron chi connectivity index (χ3n) is 2.59. The second kappa shape index (κ2) is 4.86. The highest BCUT2D eigenvalue weighted by Crippen LogP contribution is 2.25.